The number of nitrogens with zero attached hydrogens (tertiary/aromatic N) is 5. The van der Waals surface area contributed by atoms with Crippen molar-refractivity contribution in [3.8, 4) is 0 Å². The Kier molecular flexibility index (Phi) is 4.79. The second-order valence-corrected chi connectivity index (χ2v) is 6.95. The van der Waals surface area contributed by atoms with Crippen LogP contribution in [0.3, 0.4) is 0 Å². The Balaban J connectivity index is 1.75. The van der Waals surface area contributed by atoms with Crippen LogP contribution >= 0.6 is 11.6 Å². The standard InChI is InChI=1S/C21H18ClN5O/c1-14-11-15(2)27-21(23-14)24-19(25-27)13-26(18-10-6-9-17(22)12-18)20(28)16-7-4-3-5-8-16/h3-12H,13H2,1-2H3. The summed E-state index contributed by atoms with van der Waals surface area (Å²) in [4.78, 5) is 23.8. The molecule has 0 fully saturated rings. The third-order valence-electron chi connectivity index (χ3n) is 4.35. The summed E-state index contributed by atoms with van der Waals surface area (Å²) in [5.74, 6) is 0.874. The highest BCUT2D eigenvalue weighted by atomic mass is 35.5. The number of aromatic nitrogens is 4. The van der Waals surface area contributed by atoms with Crippen molar-refractivity contribution in [1.82, 2.24) is 19.6 Å². The Morgan fingerprint density at radius 1 is 1.04 bits per heavy atom. The van der Waals surface area contributed by atoms with E-state index in [-0.39, 0.29) is 12.5 Å². The molecule has 4 rings (SSSR count). The van der Waals surface area contributed by atoms with Gasteiger partial charge in [-0.05, 0) is 50.2 Å². The minimum Gasteiger partial charge on any atom is -0.301 e. The molecule has 1 amide bonds. The average Bonchev–Trinajstić information content (AvgIpc) is 3.09. The maximum absolute atomic E-state index is 13.2. The minimum atomic E-state index is -0.150. The maximum atomic E-state index is 13.2. The van der Waals surface area contributed by atoms with Gasteiger partial charge in [-0.25, -0.2) is 9.50 Å². The molecule has 2 aromatic carbocycles. The van der Waals surface area contributed by atoms with E-state index in [2.05, 4.69) is 15.1 Å². The van der Waals surface area contributed by atoms with Crippen LogP contribution in [0.1, 0.15) is 27.6 Å². The third kappa shape index (κ3) is 3.59. The molecule has 0 aliphatic carbocycles. The van der Waals surface area contributed by atoms with Gasteiger partial charge in [-0.1, -0.05) is 35.9 Å². The first-order chi connectivity index (χ1) is 13.5. The lowest BCUT2D eigenvalue weighted by atomic mass is 10.2. The normalized spacial score (nSPS) is 11.0. The summed E-state index contributed by atoms with van der Waals surface area (Å²) in [6, 6.07) is 18.2. The van der Waals surface area contributed by atoms with Crippen molar-refractivity contribution in [2.75, 3.05) is 4.90 Å². The van der Waals surface area contributed by atoms with Gasteiger partial charge in [-0.3, -0.25) is 4.79 Å². The monoisotopic (exact) mass is 391 g/mol. The molecule has 0 aliphatic rings. The van der Waals surface area contributed by atoms with Crippen LogP contribution in [0.15, 0.2) is 60.7 Å². The molecular weight excluding hydrogens is 374 g/mol. The van der Waals surface area contributed by atoms with Gasteiger partial charge in [0, 0.05) is 27.7 Å². The van der Waals surface area contributed by atoms with Gasteiger partial charge in [0.15, 0.2) is 5.82 Å². The van der Waals surface area contributed by atoms with Crippen LogP contribution in [0.4, 0.5) is 5.69 Å². The Morgan fingerprint density at radius 3 is 2.57 bits per heavy atom. The topological polar surface area (TPSA) is 63.4 Å². The molecule has 0 saturated carbocycles. The number of amides is 1. The van der Waals surface area contributed by atoms with Gasteiger partial charge in [-0.2, -0.15) is 4.98 Å². The van der Waals surface area contributed by atoms with E-state index in [9.17, 15) is 4.79 Å². The molecule has 0 saturated heterocycles. The average molecular weight is 392 g/mol. The number of carbonyl (C=O) groups is 1. The lowest BCUT2D eigenvalue weighted by Crippen LogP contribution is -2.31. The molecule has 7 heteroatoms. The summed E-state index contributed by atoms with van der Waals surface area (Å²) in [6.07, 6.45) is 0. The van der Waals surface area contributed by atoms with Crippen molar-refractivity contribution in [3.05, 3.63) is 88.5 Å². The Labute approximate surface area is 167 Å². The summed E-state index contributed by atoms with van der Waals surface area (Å²) in [6.45, 7) is 4.07. The van der Waals surface area contributed by atoms with Crippen LogP contribution in [-0.2, 0) is 6.54 Å². The molecule has 0 aliphatic heterocycles. The zero-order valence-corrected chi connectivity index (χ0v) is 16.3. The number of hydrogen-bond donors (Lipinski definition) is 0. The number of aryl methyl sites for hydroxylation is 2. The smallest absolute Gasteiger partial charge is 0.258 e. The largest absolute Gasteiger partial charge is 0.301 e. The van der Waals surface area contributed by atoms with E-state index < -0.39 is 0 Å². The molecule has 0 spiro atoms. The first-order valence-electron chi connectivity index (χ1n) is 8.83. The molecule has 0 unspecified atom stereocenters. The Morgan fingerprint density at radius 2 is 1.82 bits per heavy atom. The number of rotatable bonds is 4. The highest BCUT2D eigenvalue weighted by Gasteiger charge is 2.21. The van der Waals surface area contributed by atoms with Crippen LogP contribution in [0.2, 0.25) is 5.02 Å². The molecule has 2 heterocycles. The first-order valence-corrected chi connectivity index (χ1v) is 9.21. The fraction of sp³-hybridized carbons (Fsp3) is 0.143. The summed E-state index contributed by atoms with van der Waals surface area (Å²) >= 11 is 6.16. The Hall–Kier alpha value is -3.25. The molecule has 2 aromatic heterocycles. The summed E-state index contributed by atoms with van der Waals surface area (Å²) < 4.78 is 1.69. The first kappa shape index (κ1) is 18.1. The van der Waals surface area contributed by atoms with Gasteiger partial charge in [-0.15, -0.1) is 5.10 Å². The van der Waals surface area contributed by atoms with Gasteiger partial charge in [0.25, 0.3) is 11.7 Å². The fourth-order valence-electron chi connectivity index (χ4n) is 3.08. The van der Waals surface area contributed by atoms with E-state index in [1.807, 2.05) is 50.2 Å². The zero-order chi connectivity index (χ0) is 19.7. The van der Waals surface area contributed by atoms with Gasteiger partial charge in [0.1, 0.15) is 0 Å². The highest BCUT2D eigenvalue weighted by Crippen LogP contribution is 2.23. The number of anilines is 1. The molecule has 0 atom stereocenters. The van der Waals surface area contributed by atoms with Crippen molar-refractivity contribution in [2.24, 2.45) is 0 Å². The van der Waals surface area contributed by atoms with Crippen LogP contribution in [0.25, 0.3) is 5.78 Å². The predicted octanol–water partition coefficient (Wildman–Crippen LogP) is 4.24. The summed E-state index contributed by atoms with van der Waals surface area (Å²) in [5, 5.41) is 5.09. The molecular formula is C21H18ClN5O. The van der Waals surface area contributed by atoms with E-state index in [1.165, 1.54) is 0 Å². The second kappa shape index (κ2) is 7.40. The lowest BCUT2D eigenvalue weighted by Gasteiger charge is -2.21. The van der Waals surface area contributed by atoms with E-state index in [0.29, 0.717) is 27.9 Å². The number of benzene rings is 2. The van der Waals surface area contributed by atoms with Crippen LogP contribution in [0, 0.1) is 13.8 Å². The van der Waals surface area contributed by atoms with Crippen molar-refractivity contribution in [1.29, 1.82) is 0 Å². The van der Waals surface area contributed by atoms with Crippen LogP contribution in [-0.4, -0.2) is 25.5 Å². The van der Waals surface area contributed by atoms with Gasteiger partial charge in [0.05, 0.1) is 6.54 Å². The highest BCUT2D eigenvalue weighted by molar-refractivity contribution is 6.31. The van der Waals surface area contributed by atoms with Crippen LogP contribution in [0.5, 0.6) is 0 Å². The summed E-state index contributed by atoms with van der Waals surface area (Å²) in [5.41, 5.74) is 3.07. The van der Waals surface area contributed by atoms with E-state index in [4.69, 9.17) is 11.6 Å². The molecule has 0 N–H and O–H groups in total. The molecule has 28 heavy (non-hydrogen) atoms. The van der Waals surface area contributed by atoms with Crippen molar-refractivity contribution in [2.45, 2.75) is 20.4 Å². The second-order valence-electron chi connectivity index (χ2n) is 6.52. The minimum absolute atomic E-state index is 0.150. The van der Waals surface area contributed by atoms with Gasteiger partial charge in [0.2, 0.25) is 0 Å². The van der Waals surface area contributed by atoms with Crippen LogP contribution < -0.4 is 4.90 Å². The van der Waals surface area contributed by atoms with Crippen molar-refractivity contribution < 1.29 is 4.79 Å². The van der Waals surface area contributed by atoms with Crippen molar-refractivity contribution in [3.63, 3.8) is 0 Å². The van der Waals surface area contributed by atoms with Gasteiger partial charge >= 0.3 is 0 Å². The maximum Gasteiger partial charge on any atom is 0.258 e. The van der Waals surface area contributed by atoms with E-state index in [1.54, 1.807) is 33.7 Å². The quantitative estimate of drug-likeness (QED) is 0.522. The molecule has 0 bridgehead atoms. The Bertz CT molecular complexity index is 1160. The number of fused-ring (bicyclic) bond motifs is 1. The summed E-state index contributed by atoms with van der Waals surface area (Å²) in [7, 11) is 0. The number of hydrogen-bond acceptors (Lipinski definition) is 4. The van der Waals surface area contributed by atoms with E-state index >= 15 is 0 Å². The van der Waals surface area contributed by atoms with Gasteiger partial charge < -0.3 is 4.90 Å². The third-order valence-corrected chi connectivity index (χ3v) is 4.58. The van der Waals surface area contributed by atoms with Crippen molar-refractivity contribution >= 4 is 29.0 Å². The predicted molar refractivity (Wildman–Crippen MR) is 109 cm³/mol. The van der Waals surface area contributed by atoms with E-state index in [0.717, 1.165) is 11.4 Å². The molecule has 4 aromatic rings. The molecule has 6 nitrogen and oxygen atoms in total. The number of carbonyl (C=O) groups excluding carboxylic acids is 1. The molecule has 140 valence electrons. The SMILES string of the molecule is Cc1cc(C)n2nc(CN(C(=O)c3ccccc3)c3cccc(Cl)c3)nc2n1. The zero-order valence-electron chi connectivity index (χ0n) is 15.5. The fourth-order valence-corrected chi connectivity index (χ4v) is 3.26. The lowest BCUT2D eigenvalue weighted by molar-refractivity contribution is 0.0984. The molecule has 0 radical (unpaired) electrons. The number of halogens is 1.